The number of methoxy groups -OCH3 is 1. The molecule has 1 aromatic carbocycles. The van der Waals surface area contributed by atoms with E-state index in [9.17, 15) is 9.59 Å². The number of carboxylic acids is 1. The molecule has 2 rings (SSSR count). The lowest BCUT2D eigenvalue weighted by Crippen LogP contribution is -2.27. The van der Waals surface area contributed by atoms with E-state index in [-0.39, 0.29) is 18.7 Å². The molecule has 1 aliphatic heterocycles. The summed E-state index contributed by atoms with van der Waals surface area (Å²) in [4.78, 5) is 22.9. The summed E-state index contributed by atoms with van der Waals surface area (Å²) < 4.78 is 5.06. The van der Waals surface area contributed by atoms with Crippen LogP contribution in [0.2, 0.25) is 0 Å². The van der Waals surface area contributed by atoms with Gasteiger partial charge in [0.15, 0.2) is 0 Å². The zero-order valence-corrected chi connectivity index (χ0v) is 11.4. The Labute approximate surface area is 116 Å². The Morgan fingerprint density at radius 3 is 2.60 bits per heavy atom. The van der Waals surface area contributed by atoms with Crippen LogP contribution < -0.4 is 9.75 Å². The first-order valence-corrected chi connectivity index (χ1v) is 6.28. The highest BCUT2D eigenvalue weighted by atomic mass is 16.5. The molecule has 6 nitrogen and oxygen atoms in total. The maximum absolute atomic E-state index is 12.3. The van der Waals surface area contributed by atoms with Gasteiger partial charge in [-0.15, -0.1) is 0 Å². The average Bonchev–Trinajstić information content (AvgIpc) is 2.72. The van der Waals surface area contributed by atoms with E-state index >= 15 is 0 Å². The number of benzene rings is 1. The van der Waals surface area contributed by atoms with Gasteiger partial charge in [0, 0.05) is 12.1 Å². The highest BCUT2D eigenvalue weighted by Crippen LogP contribution is 2.27. The van der Waals surface area contributed by atoms with Gasteiger partial charge in [-0.05, 0) is 37.6 Å². The normalized spacial score (nSPS) is 18.1. The van der Waals surface area contributed by atoms with Gasteiger partial charge in [-0.25, -0.2) is 5.01 Å². The molecule has 1 aromatic rings. The lowest BCUT2D eigenvalue weighted by molar-refractivity contribution is -0.137. The largest absolute Gasteiger partial charge is 0.497 e. The van der Waals surface area contributed by atoms with Crippen LogP contribution in [0.25, 0.3) is 0 Å². The number of ether oxygens (including phenoxy) is 1. The number of carbonyl (C=O) groups is 2. The van der Waals surface area contributed by atoms with E-state index in [1.54, 1.807) is 38.3 Å². The zero-order chi connectivity index (χ0) is 14.7. The number of hydrogen-bond acceptors (Lipinski definition) is 4. The third-order valence-corrected chi connectivity index (χ3v) is 3.23. The summed E-state index contributed by atoms with van der Waals surface area (Å²) in [6, 6.07) is 6.98. The number of nitrogens with zero attached hydrogens (tertiary/aromatic N) is 2. The molecule has 0 fully saturated rings. The van der Waals surface area contributed by atoms with E-state index in [1.165, 1.54) is 5.01 Å². The van der Waals surface area contributed by atoms with Crippen LogP contribution in [-0.2, 0) is 9.59 Å². The molecular formula is C14H16N2O4. The molecule has 0 bridgehead atoms. The molecule has 20 heavy (non-hydrogen) atoms. The Balaban J connectivity index is 2.14. The van der Waals surface area contributed by atoms with Crippen LogP contribution in [0.1, 0.15) is 19.8 Å². The minimum absolute atomic E-state index is 0.0419. The lowest BCUT2D eigenvalue weighted by atomic mass is 9.98. The van der Waals surface area contributed by atoms with Gasteiger partial charge < -0.3 is 9.84 Å². The van der Waals surface area contributed by atoms with Gasteiger partial charge in [-0.2, -0.15) is 5.10 Å². The number of hydrazone groups is 1. The van der Waals surface area contributed by atoms with Crippen molar-refractivity contribution in [1.82, 2.24) is 0 Å². The third-order valence-electron chi connectivity index (χ3n) is 3.23. The molecule has 0 radical (unpaired) electrons. The molecule has 0 saturated heterocycles. The topological polar surface area (TPSA) is 79.2 Å². The summed E-state index contributed by atoms with van der Waals surface area (Å²) in [7, 11) is 1.57. The second-order valence-corrected chi connectivity index (χ2v) is 4.57. The quantitative estimate of drug-likeness (QED) is 0.890. The molecule has 1 atom stereocenters. The molecule has 0 saturated carbocycles. The molecule has 0 aromatic heterocycles. The van der Waals surface area contributed by atoms with Crippen molar-refractivity contribution in [3.05, 3.63) is 24.3 Å². The van der Waals surface area contributed by atoms with Crippen molar-refractivity contribution in [1.29, 1.82) is 0 Å². The maximum Gasteiger partial charge on any atom is 0.303 e. The van der Waals surface area contributed by atoms with Crippen molar-refractivity contribution in [2.24, 2.45) is 11.0 Å². The molecule has 0 unspecified atom stereocenters. The SMILES string of the molecule is COc1ccc(N2N=C(C)[C@@H](CCC(=O)O)C2=O)cc1. The Bertz CT molecular complexity index is 551. The summed E-state index contributed by atoms with van der Waals surface area (Å²) in [6.07, 6.45) is 0.232. The average molecular weight is 276 g/mol. The minimum atomic E-state index is -0.909. The van der Waals surface area contributed by atoms with Gasteiger partial charge in [-0.3, -0.25) is 9.59 Å². The Hall–Kier alpha value is -2.37. The van der Waals surface area contributed by atoms with E-state index in [4.69, 9.17) is 9.84 Å². The van der Waals surface area contributed by atoms with Gasteiger partial charge >= 0.3 is 5.97 Å². The van der Waals surface area contributed by atoms with Gasteiger partial charge in [0.2, 0.25) is 0 Å². The highest BCUT2D eigenvalue weighted by Gasteiger charge is 2.34. The summed E-state index contributed by atoms with van der Waals surface area (Å²) in [5.41, 5.74) is 1.29. The first-order chi connectivity index (χ1) is 9.52. The second kappa shape index (κ2) is 5.73. The number of hydrogen-bond donors (Lipinski definition) is 1. The number of amides is 1. The van der Waals surface area contributed by atoms with Crippen LogP contribution in [0, 0.1) is 5.92 Å². The molecule has 6 heteroatoms. The van der Waals surface area contributed by atoms with Gasteiger partial charge in [0.1, 0.15) is 5.75 Å². The number of anilines is 1. The van der Waals surface area contributed by atoms with Crippen molar-refractivity contribution in [2.45, 2.75) is 19.8 Å². The van der Waals surface area contributed by atoms with E-state index in [2.05, 4.69) is 5.10 Å². The molecule has 0 aliphatic carbocycles. The summed E-state index contributed by atoms with van der Waals surface area (Å²) in [5.74, 6) is -0.848. The van der Waals surface area contributed by atoms with Crippen LogP contribution in [0.3, 0.4) is 0 Å². The molecule has 1 amide bonds. The van der Waals surface area contributed by atoms with E-state index < -0.39 is 11.9 Å². The molecule has 106 valence electrons. The molecule has 1 heterocycles. The van der Waals surface area contributed by atoms with E-state index in [0.29, 0.717) is 17.1 Å². The van der Waals surface area contributed by atoms with E-state index in [1.807, 2.05) is 0 Å². The fourth-order valence-electron chi connectivity index (χ4n) is 2.11. The Morgan fingerprint density at radius 1 is 1.40 bits per heavy atom. The molecule has 0 spiro atoms. The smallest absolute Gasteiger partial charge is 0.303 e. The van der Waals surface area contributed by atoms with Gasteiger partial charge in [0.05, 0.1) is 18.7 Å². The predicted octanol–water partition coefficient (Wildman–Crippen LogP) is 1.90. The van der Waals surface area contributed by atoms with Crippen LogP contribution in [-0.4, -0.2) is 29.8 Å². The molecule has 1 aliphatic rings. The maximum atomic E-state index is 12.3. The van der Waals surface area contributed by atoms with Gasteiger partial charge in [0.25, 0.3) is 5.91 Å². The van der Waals surface area contributed by atoms with Crippen molar-refractivity contribution in [3.63, 3.8) is 0 Å². The highest BCUT2D eigenvalue weighted by molar-refractivity contribution is 6.14. The summed E-state index contributed by atoms with van der Waals surface area (Å²) in [6.45, 7) is 1.74. The molecular weight excluding hydrogens is 260 g/mol. The molecule has 1 N–H and O–H groups in total. The minimum Gasteiger partial charge on any atom is -0.497 e. The van der Waals surface area contributed by atoms with Crippen molar-refractivity contribution < 1.29 is 19.4 Å². The Kier molecular flexibility index (Phi) is 4.02. The van der Waals surface area contributed by atoms with Crippen molar-refractivity contribution in [2.75, 3.05) is 12.1 Å². The van der Waals surface area contributed by atoms with Crippen LogP contribution >= 0.6 is 0 Å². The monoisotopic (exact) mass is 276 g/mol. The number of rotatable bonds is 5. The number of carboxylic acid groups (broad SMARTS) is 1. The third kappa shape index (κ3) is 2.79. The van der Waals surface area contributed by atoms with Crippen molar-refractivity contribution in [3.8, 4) is 5.75 Å². The fraction of sp³-hybridized carbons (Fsp3) is 0.357. The van der Waals surface area contributed by atoms with Crippen LogP contribution in [0.15, 0.2) is 29.4 Å². The first-order valence-electron chi connectivity index (χ1n) is 6.28. The summed E-state index contributed by atoms with van der Waals surface area (Å²) in [5, 5.41) is 14.3. The number of carbonyl (C=O) groups excluding carboxylic acids is 1. The first kappa shape index (κ1) is 14.0. The van der Waals surface area contributed by atoms with Crippen molar-refractivity contribution >= 4 is 23.3 Å². The fourth-order valence-corrected chi connectivity index (χ4v) is 2.11. The lowest BCUT2D eigenvalue weighted by Gasteiger charge is -2.14. The van der Waals surface area contributed by atoms with Gasteiger partial charge in [-0.1, -0.05) is 0 Å². The standard InChI is InChI=1S/C14H16N2O4/c1-9-12(7-8-13(17)18)14(19)16(15-9)10-3-5-11(20-2)6-4-10/h3-6,12H,7-8H2,1-2H3,(H,17,18)/t12-/m1/s1. The predicted molar refractivity (Wildman–Crippen MR) is 73.9 cm³/mol. The second-order valence-electron chi connectivity index (χ2n) is 4.57. The zero-order valence-electron chi connectivity index (χ0n) is 11.4. The summed E-state index contributed by atoms with van der Waals surface area (Å²) >= 11 is 0. The Morgan fingerprint density at radius 2 is 2.05 bits per heavy atom. The van der Waals surface area contributed by atoms with Crippen LogP contribution in [0.5, 0.6) is 5.75 Å². The van der Waals surface area contributed by atoms with Crippen LogP contribution in [0.4, 0.5) is 5.69 Å². The number of aliphatic carboxylic acids is 1. The van der Waals surface area contributed by atoms with E-state index in [0.717, 1.165) is 0 Å².